The van der Waals surface area contributed by atoms with Crippen LogP contribution in [0.25, 0.3) is 0 Å². The van der Waals surface area contributed by atoms with Crippen LogP contribution in [0.2, 0.25) is 0 Å². The number of carbonyl (C=O) groups excluding carboxylic acids is 1. The van der Waals surface area contributed by atoms with Crippen molar-refractivity contribution in [3.63, 3.8) is 0 Å². The van der Waals surface area contributed by atoms with Crippen molar-refractivity contribution in [1.29, 1.82) is 0 Å². The fourth-order valence-corrected chi connectivity index (χ4v) is 2.02. The lowest BCUT2D eigenvalue weighted by molar-refractivity contribution is -0.443. The van der Waals surface area contributed by atoms with E-state index < -0.39 is 66.5 Å². The third-order valence-corrected chi connectivity index (χ3v) is 4.92. The van der Waals surface area contributed by atoms with Gasteiger partial charge >= 0.3 is 30.1 Å². The summed E-state index contributed by atoms with van der Waals surface area (Å²) in [5.41, 5.74) is -7.80. The quantitative estimate of drug-likeness (QED) is 0.378. The molecule has 13 heteroatoms. The number of hydrogen-bond acceptors (Lipinski definition) is 1. The van der Waals surface area contributed by atoms with E-state index in [9.17, 15) is 57.5 Å². The first kappa shape index (κ1) is 26.8. The van der Waals surface area contributed by atoms with Crippen LogP contribution in [-0.4, -0.2) is 35.9 Å². The summed E-state index contributed by atoms with van der Waals surface area (Å²) in [4.78, 5) is 11.7. The summed E-state index contributed by atoms with van der Waals surface area (Å²) in [5.74, 6) is -21.5. The van der Waals surface area contributed by atoms with Crippen LogP contribution in [0.5, 0.6) is 0 Å². The van der Waals surface area contributed by atoms with Crippen LogP contribution >= 0.6 is 0 Å². The molecule has 0 spiro atoms. The first-order chi connectivity index (χ1) is 11.9. The Balaban J connectivity index is 6.14. The van der Waals surface area contributed by atoms with E-state index in [1.165, 1.54) is 20.8 Å². The molecule has 0 N–H and O–H groups in total. The van der Waals surface area contributed by atoms with E-state index in [0.29, 0.717) is 0 Å². The maximum absolute atomic E-state index is 13.8. The van der Waals surface area contributed by atoms with Gasteiger partial charge in [-0.1, -0.05) is 20.8 Å². The lowest BCUT2D eigenvalue weighted by atomic mass is 9.75. The summed E-state index contributed by atoms with van der Waals surface area (Å²) in [7, 11) is 0. The highest BCUT2D eigenvalue weighted by atomic mass is 19.4. The molecule has 0 radical (unpaired) electrons. The molecule has 0 amide bonds. The molecule has 0 aliphatic heterocycles. The van der Waals surface area contributed by atoms with Gasteiger partial charge < -0.3 is 0 Å². The molecule has 0 aliphatic carbocycles. The van der Waals surface area contributed by atoms with Gasteiger partial charge in [0.05, 0.1) is 0 Å². The van der Waals surface area contributed by atoms with Crippen LogP contribution in [0.15, 0.2) is 0 Å². The summed E-state index contributed by atoms with van der Waals surface area (Å²) >= 11 is 0. The van der Waals surface area contributed by atoms with Gasteiger partial charge in [0.15, 0.2) is 0 Å². The van der Waals surface area contributed by atoms with Gasteiger partial charge in [-0.05, 0) is 13.3 Å². The molecule has 0 aromatic heterocycles. The Morgan fingerprint density at radius 1 is 0.679 bits per heavy atom. The van der Waals surface area contributed by atoms with Gasteiger partial charge in [-0.25, -0.2) is 0 Å². The summed E-state index contributed by atoms with van der Waals surface area (Å²) in [6.45, 7) is 2.52. The number of Topliss-reactive ketones (excluding diaryl/α,β-unsaturated/α-hetero) is 1. The molecule has 1 nitrogen and oxygen atoms in total. The van der Waals surface area contributed by atoms with E-state index in [1.54, 1.807) is 0 Å². The zero-order chi connectivity index (χ0) is 23.2. The zero-order valence-corrected chi connectivity index (χ0v) is 15.1. The van der Waals surface area contributed by atoms with E-state index in [4.69, 9.17) is 0 Å². The highest BCUT2D eigenvalue weighted by Crippen LogP contribution is 2.65. The SMILES string of the molecule is CCC(C)(C)C(=O)CCC(F)(F)C(F)(F)C(F)(F)C(C)(C(F)(F)F)C(F)(F)F. The van der Waals surface area contributed by atoms with Crippen molar-refractivity contribution in [3.8, 4) is 0 Å². The molecule has 0 bridgehead atoms. The molecule has 0 unspecified atom stereocenters. The molecule has 0 aromatic carbocycles. The van der Waals surface area contributed by atoms with Gasteiger partial charge in [-0.15, -0.1) is 0 Å². The first-order valence-corrected chi connectivity index (χ1v) is 7.74. The number of halogens is 12. The maximum Gasteiger partial charge on any atom is 0.409 e. The lowest BCUT2D eigenvalue weighted by Crippen LogP contribution is -2.69. The predicted molar refractivity (Wildman–Crippen MR) is 73.4 cm³/mol. The van der Waals surface area contributed by atoms with Gasteiger partial charge in [0.25, 0.3) is 0 Å². The highest BCUT2D eigenvalue weighted by molar-refractivity contribution is 5.84. The van der Waals surface area contributed by atoms with Gasteiger partial charge in [0.2, 0.25) is 5.41 Å². The summed E-state index contributed by atoms with van der Waals surface area (Å²) in [6, 6.07) is 0. The second-order valence-corrected chi connectivity index (χ2v) is 7.13. The molecular formula is C15H18F12O. The topological polar surface area (TPSA) is 17.1 Å². The fraction of sp³-hybridized carbons (Fsp3) is 0.933. The Morgan fingerprint density at radius 3 is 1.32 bits per heavy atom. The Kier molecular flexibility index (Phi) is 6.96. The average molecular weight is 442 g/mol. The van der Waals surface area contributed by atoms with Gasteiger partial charge in [0.1, 0.15) is 5.78 Å². The molecule has 0 saturated heterocycles. The van der Waals surface area contributed by atoms with Crippen molar-refractivity contribution >= 4 is 5.78 Å². The third kappa shape index (κ3) is 4.07. The van der Waals surface area contributed by atoms with Gasteiger partial charge in [-0.3, -0.25) is 4.79 Å². The van der Waals surface area contributed by atoms with Crippen molar-refractivity contribution in [2.24, 2.45) is 10.8 Å². The summed E-state index contributed by atoms with van der Waals surface area (Å²) in [6.07, 6.45) is -17.8. The minimum atomic E-state index is -7.27. The molecule has 0 aromatic rings. The minimum absolute atomic E-state index is 0.0319. The minimum Gasteiger partial charge on any atom is -0.299 e. The number of carbonyl (C=O) groups is 1. The smallest absolute Gasteiger partial charge is 0.299 e. The third-order valence-electron chi connectivity index (χ3n) is 4.92. The van der Waals surface area contributed by atoms with E-state index >= 15 is 0 Å². The first-order valence-electron chi connectivity index (χ1n) is 7.74. The lowest BCUT2D eigenvalue weighted by Gasteiger charge is -2.44. The average Bonchev–Trinajstić information content (AvgIpc) is 2.48. The van der Waals surface area contributed by atoms with Crippen LogP contribution < -0.4 is 0 Å². The molecule has 0 saturated carbocycles. The van der Waals surface area contributed by atoms with Crippen LogP contribution in [0.4, 0.5) is 52.7 Å². The number of rotatable bonds is 8. The van der Waals surface area contributed by atoms with Crippen molar-refractivity contribution in [2.75, 3.05) is 0 Å². The highest BCUT2D eigenvalue weighted by Gasteiger charge is 2.89. The normalized spacial score (nSPS) is 15.7. The zero-order valence-electron chi connectivity index (χ0n) is 15.1. The second-order valence-electron chi connectivity index (χ2n) is 7.13. The van der Waals surface area contributed by atoms with Crippen molar-refractivity contribution in [2.45, 2.75) is 77.1 Å². The monoisotopic (exact) mass is 442 g/mol. The number of hydrogen-bond donors (Lipinski definition) is 0. The standard InChI is InChI=1S/C15H18F12O/c1-5-9(2,3)8(28)6-7-11(16,17)13(20,21)12(18,19)10(4,14(22,23)24)15(25,26)27/h5-7H2,1-4H3. The van der Waals surface area contributed by atoms with Crippen LogP contribution in [0, 0.1) is 10.8 Å². The molecule has 0 heterocycles. The molecule has 0 atom stereocenters. The molecule has 0 fully saturated rings. The van der Waals surface area contributed by atoms with Crippen molar-refractivity contribution in [1.82, 2.24) is 0 Å². The number of alkyl halides is 12. The van der Waals surface area contributed by atoms with E-state index in [-0.39, 0.29) is 6.42 Å². The Hall–Kier alpha value is -1.17. The second kappa shape index (κ2) is 7.26. The van der Waals surface area contributed by atoms with Crippen molar-refractivity contribution in [3.05, 3.63) is 0 Å². The number of ketones is 1. The van der Waals surface area contributed by atoms with Gasteiger partial charge in [-0.2, -0.15) is 52.7 Å². The summed E-state index contributed by atoms with van der Waals surface area (Å²) in [5, 5.41) is 0. The Labute approximate surface area is 152 Å². The van der Waals surface area contributed by atoms with Gasteiger partial charge in [0, 0.05) is 18.3 Å². The van der Waals surface area contributed by atoms with Crippen LogP contribution in [-0.2, 0) is 4.79 Å². The van der Waals surface area contributed by atoms with Crippen LogP contribution in [0.1, 0.15) is 47.0 Å². The van der Waals surface area contributed by atoms with E-state index in [0.717, 1.165) is 0 Å². The molecule has 0 aliphatic rings. The maximum atomic E-state index is 13.8. The molecule has 0 rings (SSSR count). The Bertz CT molecular complexity index is 557. The Morgan fingerprint density at radius 2 is 1.04 bits per heavy atom. The van der Waals surface area contributed by atoms with Crippen LogP contribution in [0.3, 0.4) is 0 Å². The van der Waals surface area contributed by atoms with Crippen molar-refractivity contribution < 1.29 is 57.5 Å². The fourth-order valence-electron chi connectivity index (χ4n) is 2.02. The molecule has 168 valence electrons. The van der Waals surface area contributed by atoms with E-state index in [1.807, 2.05) is 0 Å². The van der Waals surface area contributed by atoms with E-state index in [2.05, 4.69) is 0 Å². The molecule has 28 heavy (non-hydrogen) atoms. The summed E-state index contributed by atoms with van der Waals surface area (Å²) < 4.78 is 159. The largest absolute Gasteiger partial charge is 0.409 e. The predicted octanol–water partition coefficient (Wildman–Crippen LogP) is 6.81. The molecular weight excluding hydrogens is 424 g/mol.